The first-order valence-corrected chi connectivity index (χ1v) is 4.06. The lowest BCUT2D eigenvalue weighted by molar-refractivity contribution is -0.0000185. The molecule has 1 aromatic carbocycles. The average Bonchev–Trinajstić information content (AvgIpc) is 2.03. The van der Waals surface area contributed by atoms with E-state index in [1.807, 2.05) is 27.2 Å². The zero-order chi connectivity index (χ0) is 10.1. The van der Waals surface area contributed by atoms with E-state index in [-0.39, 0.29) is 12.4 Å². The van der Waals surface area contributed by atoms with Crippen molar-refractivity contribution in [3.63, 3.8) is 0 Å². The lowest BCUT2D eigenvalue weighted by Gasteiger charge is -2.23. The maximum atomic E-state index is 10.7. The summed E-state index contributed by atoms with van der Waals surface area (Å²) in [4.78, 5) is 10.7. The Bertz CT molecular complexity index is 331. The van der Waals surface area contributed by atoms with E-state index >= 15 is 0 Å². The van der Waals surface area contributed by atoms with Gasteiger partial charge in [-0.25, -0.2) is 4.79 Å². The fourth-order valence-electron chi connectivity index (χ4n) is 1.06. The van der Waals surface area contributed by atoms with Crippen LogP contribution >= 0.6 is 0 Å². The molecule has 0 radical (unpaired) electrons. The summed E-state index contributed by atoms with van der Waals surface area (Å²) in [5.41, 5.74) is 1.32. The van der Waals surface area contributed by atoms with Crippen LogP contribution in [0.2, 0.25) is 0 Å². The molecule has 0 aliphatic carbocycles. The van der Waals surface area contributed by atoms with Gasteiger partial charge in [-0.05, 0) is 12.1 Å². The van der Waals surface area contributed by atoms with Crippen LogP contribution in [0.3, 0.4) is 0 Å². The first kappa shape index (κ1) is 12.9. The molecule has 1 N–H and O–H groups in total. The standard InChI is InChI=1S/C10H13NO2.ClH/c1-11(2,3)9-6-4-5-8(7-9)10(12)13;/h4-7H,1-3H3;1H. The molecule has 1 rings (SSSR count). The molecule has 0 bridgehead atoms. The number of hydrogen-bond acceptors (Lipinski definition) is 1. The van der Waals surface area contributed by atoms with Gasteiger partial charge in [0.1, 0.15) is 5.69 Å². The Hall–Kier alpha value is -1.06. The Morgan fingerprint density at radius 1 is 1.29 bits per heavy atom. The highest BCUT2D eigenvalue weighted by atomic mass is 35.5. The highest BCUT2D eigenvalue weighted by Gasteiger charge is 2.13. The highest BCUT2D eigenvalue weighted by Crippen LogP contribution is 2.17. The van der Waals surface area contributed by atoms with Crippen LogP contribution in [0, 0.1) is 0 Å². The normalized spacial score (nSPS) is 10.5. The van der Waals surface area contributed by atoms with Crippen LogP contribution in [0.5, 0.6) is 0 Å². The van der Waals surface area contributed by atoms with Crippen LogP contribution in [0.15, 0.2) is 24.3 Å². The third-order valence-electron chi connectivity index (χ3n) is 1.87. The number of carboxylic acid groups (broad SMARTS) is 1. The zero-order valence-corrected chi connectivity index (χ0v) is 9.25. The Kier molecular flexibility index (Phi) is 4.10. The highest BCUT2D eigenvalue weighted by molar-refractivity contribution is 5.88. The van der Waals surface area contributed by atoms with Crippen LogP contribution in [0.1, 0.15) is 10.4 Å². The summed E-state index contributed by atoms with van der Waals surface area (Å²) in [6.45, 7) is 0. The van der Waals surface area contributed by atoms with Crippen molar-refractivity contribution < 1.29 is 22.3 Å². The van der Waals surface area contributed by atoms with E-state index in [4.69, 9.17) is 5.11 Å². The lowest BCUT2D eigenvalue weighted by Crippen LogP contribution is -3.00. The fourth-order valence-corrected chi connectivity index (χ4v) is 1.06. The fraction of sp³-hybridized carbons (Fsp3) is 0.300. The molecule has 0 atom stereocenters. The molecule has 78 valence electrons. The van der Waals surface area contributed by atoms with Gasteiger partial charge in [0.15, 0.2) is 0 Å². The summed E-state index contributed by atoms with van der Waals surface area (Å²) >= 11 is 0. The van der Waals surface area contributed by atoms with Crippen LogP contribution in [-0.2, 0) is 0 Å². The molecular formula is C10H14ClNO2. The molecule has 0 heterocycles. The minimum atomic E-state index is -0.879. The second-order valence-electron chi connectivity index (χ2n) is 3.87. The predicted molar refractivity (Wildman–Crippen MR) is 53.0 cm³/mol. The van der Waals surface area contributed by atoms with Crippen molar-refractivity contribution in [3.05, 3.63) is 29.8 Å². The second kappa shape index (κ2) is 4.44. The summed E-state index contributed by atoms with van der Waals surface area (Å²) < 4.78 is 0.626. The van der Waals surface area contributed by atoms with Gasteiger partial charge in [-0.3, -0.25) is 4.48 Å². The maximum Gasteiger partial charge on any atom is 0.335 e. The number of rotatable bonds is 2. The van der Waals surface area contributed by atoms with Crippen molar-refractivity contribution in [1.29, 1.82) is 0 Å². The van der Waals surface area contributed by atoms with Gasteiger partial charge >= 0.3 is 5.97 Å². The molecule has 0 spiro atoms. The molecular weight excluding hydrogens is 202 g/mol. The van der Waals surface area contributed by atoms with Crippen LogP contribution in [-0.4, -0.2) is 32.2 Å². The quantitative estimate of drug-likeness (QED) is 0.616. The number of benzene rings is 1. The van der Waals surface area contributed by atoms with Crippen LogP contribution in [0.4, 0.5) is 5.69 Å². The number of quaternary nitrogens is 1. The third kappa shape index (κ3) is 3.01. The van der Waals surface area contributed by atoms with E-state index in [1.165, 1.54) is 0 Å². The maximum absolute atomic E-state index is 10.7. The van der Waals surface area contributed by atoms with Gasteiger partial charge < -0.3 is 17.5 Å². The summed E-state index contributed by atoms with van der Waals surface area (Å²) in [7, 11) is 6.00. The molecule has 0 unspecified atom stereocenters. The smallest absolute Gasteiger partial charge is 0.335 e. The van der Waals surface area contributed by atoms with Gasteiger partial charge in [0.05, 0.1) is 26.7 Å². The molecule has 0 amide bonds. The van der Waals surface area contributed by atoms with Gasteiger partial charge in [-0.2, -0.15) is 0 Å². The molecule has 0 aromatic heterocycles. The minimum absolute atomic E-state index is 0. The molecule has 14 heavy (non-hydrogen) atoms. The van der Waals surface area contributed by atoms with Gasteiger partial charge in [-0.1, -0.05) is 6.07 Å². The van der Waals surface area contributed by atoms with Crippen molar-refractivity contribution in [2.75, 3.05) is 21.1 Å². The average molecular weight is 216 g/mol. The molecule has 3 nitrogen and oxygen atoms in total. The summed E-state index contributed by atoms with van der Waals surface area (Å²) in [5, 5.41) is 8.77. The van der Waals surface area contributed by atoms with E-state index in [9.17, 15) is 4.79 Å². The molecule has 1 aromatic rings. The third-order valence-corrected chi connectivity index (χ3v) is 1.87. The lowest BCUT2D eigenvalue weighted by atomic mass is 10.2. The van der Waals surface area contributed by atoms with Crippen molar-refractivity contribution in [1.82, 2.24) is 4.48 Å². The predicted octanol–water partition coefficient (Wildman–Crippen LogP) is -1.41. The number of halogens is 1. The van der Waals surface area contributed by atoms with E-state index < -0.39 is 5.97 Å². The first-order chi connectivity index (χ1) is 5.91. The molecule has 0 saturated heterocycles. The van der Waals surface area contributed by atoms with Gasteiger partial charge in [0.2, 0.25) is 0 Å². The first-order valence-electron chi connectivity index (χ1n) is 4.06. The van der Waals surface area contributed by atoms with Crippen molar-refractivity contribution in [3.8, 4) is 0 Å². The number of nitrogens with zero attached hydrogens (tertiary/aromatic N) is 1. The molecule has 0 aliphatic rings. The largest absolute Gasteiger partial charge is 1.00 e. The Labute approximate surface area is 90.0 Å². The van der Waals surface area contributed by atoms with Gasteiger partial charge in [-0.15, -0.1) is 0 Å². The number of carbonyl (C=O) groups is 1. The SMILES string of the molecule is C[N+](C)(C)c1cccc(C(=O)O)c1.[Cl-]. The number of carboxylic acids is 1. The van der Waals surface area contributed by atoms with E-state index in [2.05, 4.69) is 0 Å². The van der Waals surface area contributed by atoms with E-state index in [1.54, 1.807) is 18.2 Å². The van der Waals surface area contributed by atoms with Gasteiger partial charge in [0, 0.05) is 6.07 Å². The van der Waals surface area contributed by atoms with E-state index in [0.29, 0.717) is 10.0 Å². The molecule has 0 saturated carbocycles. The summed E-state index contributed by atoms with van der Waals surface area (Å²) in [6, 6.07) is 6.98. The summed E-state index contributed by atoms with van der Waals surface area (Å²) in [6.07, 6.45) is 0. The second-order valence-corrected chi connectivity index (χ2v) is 3.87. The number of aromatic carboxylic acids is 1. The molecule has 0 aliphatic heterocycles. The Morgan fingerprint density at radius 2 is 1.86 bits per heavy atom. The minimum Gasteiger partial charge on any atom is -1.00 e. The monoisotopic (exact) mass is 215 g/mol. The van der Waals surface area contributed by atoms with Gasteiger partial charge in [0.25, 0.3) is 0 Å². The van der Waals surface area contributed by atoms with Crippen molar-refractivity contribution in [2.45, 2.75) is 0 Å². The van der Waals surface area contributed by atoms with Crippen molar-refractivity contribution >= 4 is 11.7 Å². The van der Waals surface area contributed by atoms with Crippen molar-refractivity contribution in [2.24, 2.45) is 0 Å². The van der Waals surface area contributed by atoms with Crippen LogP contribution in [0.25, 0.3) is 0 Å². The Balaban J connectivity index is 0.00000169. The molecule has 4 heteroatoms. The summed E-state index contributed by atoms with van der Waals surface area (Å²) in [5.74, 6) is -0.879. The topological polar surface area (TPSA) is 37.3 Å². The zero-order valence-electron chi connectivity index (χ0n) is 8.49. The van der Waals surface area contributed by atoms with E-state index in [0.717, 1.165) is 5.69 Å². The van der Waals surface area contributed by atoms with Crippen LogP contribution < -0.4 is 16.9 Å². The molecule has 0 fully saturated rings. The number of hydrogen-bond donors (Lipinski definition) is 1. The Morgan fingerprint density at radius 3 is 2.29 bits per heavy atom.